The highest BCUT2D eigenvalue weighted by Crippen LogP contribution is 2.37. The number of benzene rings is 2. The summed E-state index contributed by atoms with van der Waals surface area (Å²) < 4.78 is 10.5. The van der Waals surface area contributed by atoms with Gasteiger partial charge in [0.25, 0.3) is 0 Å². The van der Waals surface area contributed by atoms with Gasteiger partial charge in [-0.1, -0.05) is 23.7 Å². The molecule has 9 nitrogen and oxygen atoms in total. The quantitative estimate of drug-likeness (QED) is 0.551. The molecular weight excluding hydrogens is 440 g/mol. The van der Waals surface area contributed by atoms with Gasteiger partial charge >= 0.3 is 11.9 Å². The van der Waals surface area contributed by atoms with Crippen molar-refractivity contribution >= 4 is 23.5 Å². The molecule has 3 rings (SSSR count). The predicted molar refractivity (Wildman–Crippen MR) is 118 cm³/mol. The second-order valence-corrected chi connectivity index (χ2v) is 7.58. The Morgan fingerprint density at radius 1 is 0.875 bits per heavy atom. The first-order chi connectivity index (χ1) is 15.2. The van der Waals surface area contributed by atoms with Gasteiger partial charge < -0.3 is 24.8 Å². The SMILES string of the molecule is COc1cc(CN2CCN(Cc3cccc(Cl)c3)CC2)cc(OC)c1O.O=C(O)C(=O)O. The predicted octanol–water partition coefficient (Wildman–Crippen LogP) is 2.54. The van der Waals surface area contributed by atoms with Crippen LogP contribution in [-0.4, -0.2) is 77.5 Å². The maximum absolute atomic E-state index is 10.0. The van der Waals surface area contributed by atoms with Crippen LogP contribution in [0.3, 0.4) is 0 Å². The monoisotopic (exact) mass is 466 g/mol. The lowest BCUT2D eigenvalue weighted by atomic mass is 10.1. The molecule has 2 aromatic carbocycles. The number of nitrogens with zero attached hydrogens (tertiary/aromatic N) is 2. The van der Waals surface area contributed by atoms with E-state index in [4.69, 9.17) is 40.9 Å². The minimum Gasteiger partial charge on any atom is -0.502 e. The third kappa shape index (κ3) is 7.60. The molecule has 0 aliphatic carbocycles. The van der Waals surface area contributed by atoms with Gasteiger partial charge in [-0.2, -0.15) is 0 Å². The molecule has 0 atom stereocenters. The van der Waals surface area contributed by atoms with Crippen LogP contribution >= 0.6 is 11.6 Å². The van der Waals surface area contributed by atoms with Crippen LogP contribution in [0, 0.1) is 0 Å². The molecule has 0 aromatic heterocycles. The number of carboxylic acid groups (broad SMARTS) is 2. The van der Waals surface area contributed by atoms with Gasteiger partial charge in [0.2, 0.25) is 5.75 Å². The third-order valence-electron chi connectivity index (χ3n) is 4.89. The number of hydrogen-bond acceptors (Lipinski definition) is 7. The van der Waals surface area contributed by atoms with Crippen LogP contribution in [0.15, 0.2) is 36.4 Å². The summed E-state index contributed by atoms with van der Waals surface area (Å²) in [5.41, 5.74) is 2.32. The molecule has 0 unspecified atom stereocenters. The molecule has 0 amide bonds. The highest BCUT2D eigenvalue weighted by Gasteiger charge is 2.19. The second kappa shape index (κ2) is 12.1. The minimum absolute atomic E-state index is 0.0464. The molecule has 0 radical (unpaired) electrons. The average molecular weight is 467 g/mol. The van der Waals surface area contributed by atoms with Crippen LogP contribution in [0.1, 0.15) is 11.1 Å². The van der Waals surface area contributed by atoms with Gasteiger partial charge in [-0.3, -0.25) is 9.80 Å². The molecule has 1 saturated heterocycles. The lowest BCUT2D eigenvalue weighted by Gasteiger charge is -2.34. The Kier molecular flexibility index (Phi) is 9.58. The molecule has 3 N–H and O–H groups in total. The number of carboxylic acids is 2. The molecule has 1 aliphatic rings. The van der Waals surface area contributed by atoms with Gasteiger partial charge in [0.15, 0.2) is 11.5 Å². The Bertz CT molecular complexity index is 893. The molecule has 1 heterocycles. The van der Waals surface area contributed by atoms with Crippen molar-refractivity contribution in [1.82, 2.24) is 9.80 Å². The fourth-order valence-corrected chi connectivity index (χ4v) is 3.51. The minimum atomic E-state index is -1.82. The van der Waals surface area contributed by atoms with E-state index in [1.807, 2.05) is 30.3 Å². The molecule has 1 fully saturated rings. The van der Waals surface area contributed by atoms with E-state index in [0.717, 1.165) is 49.9 Å². The largest absolute Gasteiger partial charge is 0.502 e. The number of hydrogen-bond donors (Lipinski definition) is 3. The van der Waals surface area contributed by atoms with Gasteiger partial charge in [-0.15, -0.1) is 0 Å². The van der Waals surface area contributed by atoms with Crippen molar-refractivity contribution in [2.45, 2.75) is 13.1 Å². The summed E-state index contributed by atoms with van der Waals surface area (Å²) >= 11 is 6.07. The highest BCUT2D eigenvalue weighted by molar-refractivity contribution is 6.30. The van der Waals surface area contributed by atoms with Gasteiger partial charge in [-0.05, 0) is 35.4 Å². The smallest absolute Gasteiger partial charge is 0.414 e. The van der Waals surface area contributed by atoms with E-state index >= 15 is 0 Å². The van der Waals surface area contributed by atoms with Crippen molar-refractivity contribution in [2.24, 2.45) is 0 Å². The molecule has 0 saturated carbocycles. The third-order valence-corrected chi connectivity index (χ3v) is 5.12. The van der Waals surface area contributed by atoms with E-state index in [1.165, 1.54) is 5.56 Å². The van der Waals surface area contributed by atoms with E-state index < -0.39 is 11.9 Å². The highest BCUT2D eigenvalue weighted by atomic mass is 35.5. The lowest BCUT2D eigenvalue weighted by molar-refractivity contribution is -0.159. The van der Waals surface area contributed by atoms with Crippen LogP contribution in [0.4, 0.5) is 0 Å². The van der Waals surface area contributed by atoms with Gasteiger partial charge in [0.1, 0.15) is 0 Å². The Morgan fingerprint density at radius 2 is 1.34 bits per heavy atom. The second-order valence-electron chi connectivity index (χ2n) is 7.14. The molecule has 32 heavy (non-hydrogen) atoms. The van der Waals surface area contributed by atoms with Gasteiger partial charge in [-0.25, -0.2) is 9.59 Å². The number of methoxy groups -OCH3 is 2. The first kappa shape index (κ1) is 25.3. The Balaban J connectivity index is 0.000000534. The zero-order chi connectivity index (χ0) is 23.7. The van der Waals surface area contributed by atoms with E-state index in [1.54, 1.807) is 14.2 Å². The standard InChI is InChI=1S/C20H25ClN2O3.C2H2O4/c1-25-18-11-16(12-19(26-2)20(18)24)14-23-8-6-22(7-9-23)13-15-4-3-5-17(21)10-15;3-1(4)2(5)6/h3-5,10-12,24H,6-9,13-14H2,1-2H3;(H,3,4)(H,5,6). The van der Waals surface area contributed by atoms with E-state index in [0.29, 0.717) is 11.5 Å². The van der Waals surface area contributed by atoms with Crippen molar-refractivity contribution in [2.75, 3.05) is 40.4 Å². The van der Waals surface area contributed by atoms with E-state index in [9.17, 15) is 5.11 Å². The van der Waals surface area contributed by atoms with Crippen LogP contribution in [0.5, 0.6) is 17.2 Å². The summed E-state index contributed by atoms with van der Waals surface area (Å²) in [6, 6.07) is 11.8. The van der Waals surface area contributed by atoms with E-state index in [2.05, 4.69) is 15.9 Å². The van der Waals surface area contributed by atoms with Crippen molar-refractivity contribution in [3.05, 3.63) is 52.5 Å². The lowest BCUT2D eigenvalue weighted by Crippen LogP contribution is -2.45. The Morgan fingerprint density at radius 3 is 1.75 bits per heavy atom. The Hall–Kier alpha value is -3.01. The zero-order valence-electron chi connectivity index (χ0n) is 18.0. The fourth-order valence-electron chi connectivity index (χ4n) is 3.30. The molecule has 0 bridgehead atoms. The van der Waals surface area contributed by atoms with Crippen LogP contribution in [-0.2, 0) is 22.7 Å². The normalized spacial score (nSPS) is 14.2. The molecule has 174 valence electrons. The number of carbonyl (C=O) groups is 2. The molecule has 0 spiro atoms. The van der Waals surface area contributed by atoms with Gasteiger partial charge in [0.05, 0.1) is 14.2 Å². The number of aliphatic carboxylic acids is 2. The van der Waals surface area contributed by atoms with Crippen LogP contribution in [0.25, 0.3) is 0 Å². The van der Waals surface area contributed by atoms with E-state index in [-0.39, 0.29) is 5.75 Å². The number of ether oxygens (including phenoxy) is 2. The number of rotatable bonds is 6. The number of phenolic OH excluding ortho intramolecular Hbond substituents is 1. The Labute approximate surface area is 191 Å². The van der Waals surface area contributed by atoms with Crippen molar-refractivity contribution in [1.29, 1.82) is 0 Å². The van der Waals surface area contributed by atoms with Gasteiger partial charge in [0, 0.05) is 44.3 Å². The fraction of sp³-hybridized carbons (Fsp3) is 0.364. The molecular formula is C22H27ClN2O7. The summed E-state index contributed by atoms with van der Waals surface area (Å²) in [5, 5.41) is 25.6. The average Bonchev–Trinajstić information content (AvgIpc) is 2.76. The van der Waals surface area contributed by atoms with Crippen LogP contribution in [0.2, 0.25) is 5.02 Å². The molecule has 1 aliphatic heterocycles. The summed E-state index contributed by atoms with van der Waals surface area (Å²) in [5.74, 6) is -2.71. The summed E-state index contributed by atoms with van der Waals surface area (Å²) in [4.78, 5) is 23.0. The number of phenols is 1. The first-order valence-corrected chi connectivity index (χ1v) is 10.2. The van der Waals surface area contributed by atoms with Crippen LogP contribution < -0.4 is 9.47 Å². The first-order valence-electron chi connectivity index (χ1n) is 9.82. The number of aromatic hydroxyl groups is 1. The molecule has 2 aromatic rings. The topological polar surface area (TPSA) is 120 Å². The maximum Gasteiger partial charge on any atom is 0.414 e. The van der Waals surface area contributed by atoms with Crippen molar-refractivity contribution in [3.8, 4) is 17.2 Å². The summed E-state index contributed by atoms with van der Waals surface area (Å²) in [6.45, 7) is 5.74. The summed E-state index contributed by atoms with van der Waals surface area (Å²) in [7, 11) is 3.10. The maximum atomic E-state index is 10.0. The number of halogens is 1. The number of piperazine rings is 1. The molecule has 10 heteroatoms. The summed E-state index contributed by atoms with van der Waals surface area (Å²) in [6.07, 6.45) is 0. The van der Waals surface area contributed by atoms with Crippen molar-refractivity contribution < 1.29 is 34.4 Å². The van der Waals surface area contributed by atoms with Crippen molar-refractivity contribution in [3.63, 3.8) is 0 Å². The zero-order valence-corrected chi connectivity index (χ0v) is 18.7.